The second kappa shape index (κ2) is 6.50. The lowest BCUT2D eigenvalue weighted by atomic mass is 9.79. The highest BCUT2D eigenvalue weighted by molar-refractivity contribution is 7.17. The minimum absolute atomic E-state index is 0.0347. The van der Waals surface area contributed by atoms with Crippen LogP contribution in [-0.4, -0.2) is 15.9 Å². The van der Waals surface area contributed by atoms with Gasteiger partial charge in [0.1, 0.15) is 11.9 Å². The van der Waals surface area contributed by atoms with Gasteiger partial charge in [-0.1, -0.05) is 0 Å². The van der Waals surface area contributed by atoms with Crippen molar-refractivity contribution in [1.29, 1.82) is 5.26 Å². The summed E-state index contributed by atoms with van der Waals surface area (Å²) in [6, 6.07) is 4.41. The number of pyridine rings is 1. The van der Waals surface area contributed by atoms with Crippen LogP contribution >= 0.6 is 11.3 Å². The molecule has 1 unspecified atom stereocenters. The summed E-state index contributed by atoms with van der Waals surface area (Å²) in [4.78, 5) is 15.1. The van der Waals surface area contributed by atoms with Gasteiger partial charge in [-0.3, -0.25) is 10.1 Å². The molecule has 120 valence electrons. The maximum atomic E-state index is 11.3. The predicted octanol–water partition coefficient (Wildman–Crippen LogP) is 4.33. The Morgan fingerprint density at radius 3 is 2.87 bits per heavy atom. The quantitative estimate of drug-likeness (QED) is 0.665. The number of nitrogens with zero attached hydrogens (tertiary/aromatic N) is 3. The number of thiophene rings is 1. The zero-order chi connectivity index (χ0) is 16.4. The minimum atomic E-state index is -0.377. The van der Waals surface area contributed by atoms with E-state index < -0.39 is 0 Å². The molecule has 6 nitrogen and oxygen atoms in total. The van der Waals surface area contributed by atoms with E-state index in [4.69, 9.17) is 5.26 Å². The van der Waals surface area contributed by atoms with Crippen LogP contribution in [0.5, 0.6) is 0 Å². The summed E-state index contributed by atoms with van der Waals surface area (Å²) in [5, 5.41) is 25.6. The van der Waals surface area contributed by atoms with Crippen molar-refractivity contribution >= 4 is 32.9 Å². The number of rotatable bonds is 4. The standard InChI is InChI=1S/C16H18N4O2S/c1-10(8-17)11-2-4-12(5-3-11)19-15-14(20(21)22)9-18-13-6-7-23-16(13)15/h6-7,9-12H,2-5H2,1H3,(H,18,19). The van der Waals surface area contributed by atoms with Crippen molar-refractivity contribution in [2.75, 3.05) is 5.32 Å². The Morgan fingerprint density at radius 2 is 2.22 bits per heavy atom. The highest BCUT2D eigenvalue weighted by atomic mass is 32.1. The summed E-state index contributed by atoms with van der Waals surface area (Å²) in [6.07, 6.45) is 5.17. The fourth-order valence-corrected chi connectivity index (χ4v) is 4.11. The van der Waals surface area contributed by atoms with E-state index in [-0.39, 0.29) is 22.6 Å². The number of hydrogen-bond acceptors (Lipinski definition) is 6. The van der Waals surface area contributed by atoms with E-state index in [2.05, 4.69) is 16.4 Å². The number of nitrogens with one attached hydrogen (secondary N) is 1. The molecule has 7 heteroatoms. The van der Waals surface area contributed by atoms with E-state index in [1.807, 2.05) is 18.4 Å². The van der Waals surface area contributed by atoms with E-state index in [1.165, 1.54) is 17.5 Å². The molecule has 0 radical (unpaired) electrons. The average Bonchev–Trinajstić information content (AvgIpc) is 3.04. The lowest BCUT2D eigenvalue weighted by molar-refractivity contribution is -0.384. The van der Waals surface area contributed by atoms with Crippen molar-refractivity contribution in [3.8, 4) is 6.07 Å². The van der Waals surface area contributed by atoms with E-state index in [0.717, 1.165) is 35.9 Å². The summed E-state index contributed by atoms with van der Waals surface area (Å²) in [5.74, 6) is 0.516. The second-order valence-electron chi connectivity index (χ2n) is 6.08. The monoisotopic (exact) mass is 330 g/mol. The molecule has 1 atom stereocenters. The first-order valence-corrected chi connectivity index (χ1v) is 8.65. The third-order valence-electron chi connectivity index (χ3n) is 4.68. The first-order valence-electron chi connectivity index (χ1n) is 7.77. The maximum Gasteiger partial charge on any atom is 0.311 e. The lowest BCUT2D eigenvalue weighted by Gasteiger charge is -2.30. The first kappa shape index (κ1) is 15.7. The van der Waals surface area contributed by atoms with Crippen molar-refractivity contribution < 1.29 is 4.92 Å². The molecule has 1 N–H and O–H groups in total. The number of nitriles is 1. The smallest absolute Gasteiger partial charge is 0.311 e. The molecule has 3 rings (SSSR count). The largest absolute Gasteiger partial charge is 0.375 e. The van der Waals surface area contributed by atoms with E-state index in [0.29, 0.717) is 11.6 Å². The van der Waals surface area contributed by atoms with E-state index >= 15 is 0 Å². The van der Waals surface area contributed by atoms with Gasteiger partial charge in [-0.05, 0) is 50.0 Å². The van der Waals surface area contributed by atoms with Gasteiger partial charge >= 0.3 is 5.69 Å². The minimum Gasteiger partial charge on any atom is -0.375 e. The molecule has 1 fully saturated rings. The number of aromatic nitrogens is 1. The molecule has 2 heterocycles. The molecular formula is C16H18N4O2S. The summed E-state index contributed by atoms with van der Waals surface area (Å²) >= 11 is 1.47. The first-order chi connectivity index (χ1) is 11.1. The SMILES string of the molecule is CC(C#N)C1CCC(Nc2c([N+](=O)[O-])cnc3ccsc23)CC1. The normalized spacial score (nSPS) is 22.4. The highest BCUT2D eigenvalue weighted by Gasteiger charge is 2.27. The van der Waals surface area contributed by atoms with Crippen LogP contribution in [0.25, 0.3) is 10.2 Å². The van der Waals surface area contributed by atoms with Gasteiger partial charge in [0.15, 0.2) is 0 Å². The second-order valence-corrected chi connectivity index (χ2v) is 7.00. The molecule has 1 aliphatic carbocycles. The van der Waals surface area contributed by atoms with Crippen LogP contribution in [0.4, 0.5) is 11.4 Å². The van der Waals surface area contributed by atoms with Gasteiger partial charge < -0.3 is 5.32 Å². The van der Waals surface area contributed by atoms with Gasteiger partial charge in [0, 0.05) is 12.0 Å². The van der Waals surface area contributed by atoms with Crippen LogP contribution in [0.1, 0.15) is 32.6 Å². The van der Waals surface area contributed by atoms with Crippen LogP contribution < -0.4 is 5.32 Å². The lowest BCUT2D eigenvalue weighted by Crippen LogP contribution is -2.28. The predicted molar refractivity (Wildman–Crippen MR) is 90.4 cm³/mol. The van der Waals surface area contributed by atoms with Crippen molar-refractivity contribution in [2.45, 2.75) is 38.6 Å². The number of fused-ring (bicyclic) bond motifs is 1. The van der Waals surface area contributed by atoms with E-state index in [9.17, 15) is 10.1 Å². The Bertz CT molecular complexity index is 759. The zero-order valence-electron chi connectivity index (χ0n) is 12.9. The molecule has 2 aromatic rings. The van der Waals surface area contributed by atoms with Gasteiger partial charge in [0.2, 0.25) is 0 Å². The fraction of sp³-hybridized carbons (Fsp3) is 0.500. The molecule has 1 saturated carbocycles. The Morgan fingerprint density at radius 1 is 1.48 bits per heavy atom. The van der Waals surface area contributed by atoms with Gasteiger partial charge in [0.25, 0.3) is 0 Å². The van der Waals surface area contributed by atoms with E-state index in [1.54, 1.807) is 0 Å². The molecule has 1 aliphatic rings. The molecule has 0 aliphatic heterocycles. The Balaban J connectivity index is 1.80. The summed E-state index contributed by atoms with van der Waals surface area (Å²) in [5.41, 5.74) is 1.41. The summed E-state index contributed by atoms with van der Waals surface area (Å²) < 4.78 is 0.840. The number of nitro groups is 1. The van der Waals surface area contributed by atoms with Crippen molar-refractivity contribution in [3.63, 3.8) is 0 Å². The third-order valence-corrected chi connectivity index (χ3v) is 5.60. The summed E-state index contributed by atoms with van der Waals surface area (Å²) in [7, 11) is 0. The Kier molecular flexibility index (Phi) is 4.44. The van der Waals surface area contributed by atoms with Crippen LogP contribution in [-0.2, 0) is 0 Å². The van der Waals surface area contributed by atoms with Crippen LogP contribution in [0, 0.1) is 33.3 Å². The average molecular weight is 330 g/mol. The van der Waals surface area contributed by atoms with Crippen molar-refractivity contribution in [3.05, 3.63) is 27.8 Å². The molecule has 0 saturated heterocycles. The highest BCUT2D eigenvalue weighted by Crippen LogP contribution is 2.38. The van der Waals surface area contributed by atoms with Gasteiger partial charge in [-0.25, -0.2) is 4.98 Å². The molecule has 0 aromatic carbocycles. The zero-order valence-corrected chi connectivity index (χ0v) is 13.7. The van der Waals surface area contributed by atoms with Gasteiger partial charge in [-0.2, -0.15) is 5.26 Å². The van der Waals surface area contributed by atoms with Gasteiger partial charge in [-0.15, -0.1) is 11.3 Å². The Labute approximate surface area is 138 Å². The fourth-order valence-electron chi connectivity index (χ4n) is 3.25. The number of hydrogen-bond donors (Lipinski definition) is 1. The van der Waals surface area contributed by atoms with Crippen LogP contribution in [0.3, 0.4) is 0 Å². The molecule has 0 amide bonds. The third kappa shape index (κ3) is 3.13. The topological polar surface area (TPSA) is 91.8 Å². The maximum absolute atomic E-state index is 11.3. The van der Waals surface area contributed by atoms with Crippen LogP contribution in [0.15, 0.2) is 17.6 Å². The Hall–Kier alpha value is -2.20. The molecule has 0 bridgehead atoms. The molecule has 0 spiro atoms. The van der Waals surface area contributed by atoms with Crippen molar-refractivity contribution in [2.24, 2.45) is 11.8 Å². The van der Waals surface area contributed by atoms with Crippen LogP contribution in [0.2, 0.25) is 0 Å². The van der Waals surface area contributed by atoms with Gasteiger partial charge in [0.05, 0.1) is 21.2 Å². The van der Waals surface area contributed by atoms with Crippen molar-refractivity contribution in [1.82, 2.24) is 4.98 Å². The molecular weight excluding hydrogens is 312 g/mol. The summed E-state index contributed by atoms with van der Waals surface area (Å²) in [6.45, 7) is 1.97. The number of anilines is 1. The molecule has 2 aromatic heterocycles. The molecule has 23 heavy (non-hydrogen) atoms.